The summed E-state index contributed by atoms with van der Waals surface area (Å²) in [6.45, 7) is 4.75. The monoisotopic (exact) mass is 267 g/mol. The highest BCUT2D eigenvalue weighted by Gasteiger charge is 2.10. The zero-order valence-corrected chi connectivity index (χ0v) is 11.7. The maximum Gasteiger partial charge on any atom is 0.198 e. The SMILES string of the molecule is Cc1cccc(-c2cnc3nc(CCN)oc3c2)c1C. The van der Waals surface area contributed by atoms with Gasteiger partial charge in [0.25, 0.3) is 0 Å². The molecule has 1 aromatic carbocycles. The molecule has 0 radical (unpaired) electrons. The summed E-state index contributed by atoms with van der Waals surface area (Å²) in [5.41, 5.74) is 11.6. The number of aromatic nitrogens is 2. The molecule has 4 heteroatoms. The van der Waals surface area contributed by atoms with Crippen LogP contribution in [0.2, 0.25) is 0 Å². The molecule has 0 aliphatic rings. The summed E-state index contributed by atoms with van der Waals surface area (Å²) in [6.07, 6.45) is 2.48. The zero-order valence-electron chi connectivity index (χ0n) is 11.7. The molecule has 0 saturated heterocycles. The standard InChI is InChI=1S/C16H17N3O/c1-10-4-3-5-13(11(10)2)12-8-14-16(18-9-12)19-15(20-14)6-7-17/h3-5,8-9H,6-7,17H2,1-2H3. The van der Waals surface area contributed by atoms with E-state index in [1.54, 1.807) is 0 Å². The van der Waals surface area contributed by atoms with Crippen LogP contribution in [0.5, 0.6) is 0 Å². The summed E-state index contributed by atoms with van der Waals surface area (Å²) in [4.78, 5) is 8.70. The fourth-order valence-electron chi connectivity index (χ4n) is 2.31. The molecular formula is C16H17N3O. The normalized spacial score (nSPS) is 11.2. The molecule has 0 aliphatic heterocycles. The van der Waals surface area contributed by atoms with Gasteiger partial charge in [-0.25, -0.2) is 4.98 Å². The van der Waals surface area contributed by atoms with Crippen LogP contribution in [-0.4, -0.2) is 16.5 Å². The lowest BCUT2D eigenvalue weighted by Gasteiger charge is -2.07. The van der Waals surface area contributed by atoms with Crippen molar-refractivity contribution < 1.29 is 4.42 Å². The molecule has 2 N–H and O–H groups in total. The van der Waals surface area contributed by atoms with Crippen molar-refractivity contribution in [2.24, 2.45) is 5.73 Å². The molecule has 0 atom stereocenters. The van der Waals surface area contributed by atoms with E-state index in [0.29, 0.717) is 30.1 Å². The minimum Gasteiger partial charge on any atom is -0.439 e. The fourth-order valence-corrected chi connectivity index (χ4v) is 2.31. The lowest BCUT2D eigenvalue weighted by molar-refractivity contribution is 0.531. The van der Waals surface area contributed by atoms with Crippen molar-refractivity contribution in [1.82, 2.24) is 9.97 Å². The second kappa shape index (κ2) is 5.06. The zero-order chi connectivity index (χ0) is 14.1. The summed E-state index contributed by atoms with van der Waals surface area (Å²) in [6, 6.07) is 8.26. The third kappa shape index (κ3) is 2.18. The average Bonchev–Trinajstić information content (AvgIpc) is 2.83. The molecule has 0 fully saturated rings. The number of hydrogen-bond donors (Lipinski definition) is 1. The van der Waals surface area contributed by atoms with Gasteiger partial charge in [-0.2, -0.15) is 4.98 Å². The Labute approximate surface area is 117 Å². The largest absolute Gasteiger partial charge is 0.439 e. The quantitative estimate of drug-likeness (QED) is 0.792. The van der Waals surface area contributed by atoms with Crippen LogP contribution in [0.4, 0.5) is 0 Å². The first-order valence-corrected chi connectivity index (χ1v) is 6.71. The lowest BCUT2D eigenvalue weighted by Crippen LogP contribution is -2.02. The topological polar surface area (TPSA) is 64.9 Å². The van der Waals surface area contributed by atoms with Gasteiger partial charge in [-0.05, 0) is 36.6 Å². The van der Waals surface area contributed by atoms with E-state index in [4.69, 9.17) is 10.2 Å². The van der Waals surface area contributed by atoms with E-state index in [2.05, 4.69) is 42.0 Å². The molecule has 0 spiro atoms. The van der Waals surface area contributed by atoms with Gasteiger partial charge in [0.05, 0.1) is 0 Å². The van der Waals surface area contributed by atoms with Gasteiger partial charge in [-0.3, -0.25) is 0 Å². The highest BCUT2D eigenvalue weighted by molar-refractivity contribution is 5.77. The summed E-state index contributed by atoms with van der Waals surface area (Å²) in [5, 5.41) is 0. The van der Waals surface area contributed by atoms with Crippen molar-refractivity contribution in [2.75, 3.05) is 6.54 Å². The first-order chi connectivity index (χ1) is 9.69. The summed E-state index contributed by atoms with van der Waals surface area (Å²) < 4.78 is 5.69. The molecule has 2 aromatic heterocycles. The Balaban J connectivity index is 2.10. The van der Waals surface area contributed by atoms with Crippen LogP contribution in [0.1, 0.15) is 17.0 Å². The summed E-state index contributed by atoms with van der Waals surface area (Å²) in [5.74, 6) is 0.646. The van der Waals surface area contributed by atoms with Gasteiger partial charge >= 0.3 is 0 Å². The molecule has 0 saturated carbocycles. The Hall–Kier alpha value is -2.20. The first kappa shape index (κ1) is 12.8. The van der Waals surface area contributed by atoms with Gasteiger partial charge in [0, 0.05) is 24.7 Å². The minimum atomic E-state index is 0.524. The van der Waals surface area contributed by atoms with Gasteiger partial charge in [0.1, 0.15) is 0 Å². The summed E-state index contributed by atoms with van der Waals surface area (Å²) in [7, 11) is 0. The van der Waals surface area contributed by atoms with Crippen LogP contribution < -0.4 is 5.73 Å². The predicted molar refractivity (Wildman–Crippen MR) is 79.5 cm³/mol. The van der Waals surface area contributed by atoms with Crippen LogP contribution in [0.3, 0.4) is 0 Å². The fraction of sp³-hybridized carbons (Fsp3) is 0.250. The van der Waals surface area contributed by atoms with Crippen molar-refractivity contribution >= 4 is 11.2 Å². The minimum absolute atomic E-state index is 0.524. The number of nitrogens with zero attached hydrogens (tertiary/aromatic N) is 2. The highest BCUT2D eigenvalue weighted by atomic mass is 16.3. The van der Waals surface area contributed by atoms with Crippen LogP contribution in [0.25, 0.3) is 22.4 Å². The van der Waals surface area contributed by atoms with Crippen molar-refractivity contribution in [3.8, 4) is 11.1 Å². The van der Waals surface area contributed by atoms with Crippen molar-refractivity contribution in [3.63, 3.8) is 0 Å². The van der Waals surface area contributed by atoms with E-state index in [1.807, 2.05) is 12.3 Å². The number of hydrogen-bond acceptors (Lipinski definition) is 4. The highest BCUT2D eigenvalue weighted by Crippen LogP contribution is 2.27. The van der Waals surface area contributed by atoms with E-state index >= 15 is 0 Å². The van der Waals surface area contributed by atoms with E-state index in [9.17, 15) is 0 Å². The van der Waals surface area contributed by atoms with E-state index < -0.39 is 0 Å². The molecule has 4 nitrogen and oxygen atoms in total. The number of rotatable bonds is 3. The summed E-state index contributed by atoms with van der Waals surface area (Å²) >= 11 is 0. The number of fused-ring (bicyclic) bond motifs is 1. The maximum absolute atomic E-state index is 5.69. The van der Waals surface area contributed by atoms with Gasteiger partial charge in [-0.1, -0.05) is 18.2 Å². The van der Waals surface area contributed by atoms with E-state index in [1.165, 1.54) is 16.7 Å². The average molecular weight is 267 g/mol. The molecule has 2 heterocycles. The third-order valence-electron chi connectivity index (χ3n) is 3.57. The second-order valence-corrected chi connectivity index (χ2v) is 4.94. The van der Waals surface area contributed by atoms with E-state index in [-0.39, 0.29) is 0 Å². The molecule has 3 rings (SSSR count). The van der Waals surface area contributed by atoms with Crippen LogP contribution >= 0.6 is 0 Å². The predicted octanol–water partition coefficient (Wildman–Crippen LogP) is 3.01. The molecule has 0 aliphatic carbocycles. The third-order valence-corrected chi connectivity index (χ3v) is 3.57. The molecule has 102 valence electrons. The number of aryl methyl sites for hydroxylation is 1. The lowest BCUT2D eigenvalue weighted by atomic mass is 9.98. The molecule has 3 aromatic rings. The Kier molecular flexibility index (Phi) is 3.24. The van der Waals surface area contributed by atoms with Gasteiger partial charge in [-0.15, -0.1) is 0 Å². The van der Waals surface area contributed by atoms with Crippen molar-refractivity contribution in [2.45, 2.75) is 20.3 Å². The van der Waals surface area contributed by atoms with Crippen LogP contribution in [0.15, 0.2) is 34.9 Å². The molecule has 0 bridgehead atoms. The van der Waals surface area contributed by atoms with Gasteiger partial charge in [0.2, 0.25) is 0 Å². The molecular weight excluding hydrogens is 250 g/mol. The Morgan fingerprint density at radius 2 is 2.10 bits per heavy atom. The van der Waals surface area contributed by atoms with Crippen LogP contribution in [0, 0.1) is 13.8 Å². The Bertz CT molecular complexity index is 762. The first-order valence-electron chi connectivity index (χ1n) is 6.71. The number of nitrogens with two attached hydrogens (primary N) is 1. The molecule has 20 heavy (non-hydrogen) atoms. The Morgan fingerprint density at radius 1 is 1.25 bits per heavy atom. The van der Waals surface area contributed by atoms with E-state index in [0.717, 1.165) is 5.56 Å². The maximum atomic E-state index is 5.69. The Morgan fingerprint density at radius 3 is 2.90 bits per heavy atom. The number of benzene rings is 1. The molecule has 0 unspecified atom stereocenters. The van der Waals surface area contributed by atoms with Gasteiger partial charge in [0.15, 0.2) is 17.1 Å². The number of pyridine rings is 1. The van der Waals surface area contributed by atoms with Gasteiger partial charge < -0.3 is 10.2 Å². The number of oxazole rings is 1. The second-order valence-electron chi connectivity index (χ2n) is 4.94. The van der Waals surface area contributed by atoms with Crippen molar-refractivity contribution in [3.05, 3.63) is 47.5 Å². The van der Waals surface area contributed by atoms with Crippen molar-refractivity contribution in [1.29, 1.82) is 0 Å². The smallest absolute Gasteiger partial charge is 0.198 e. The van der Waals surface area contributed by atoms with Crippen LogP contribution in [-0.2, 0) is 6.42 Å². The molecule has 0 amide bonds.